The van der Waals surface area contributed by atoms with Crippen LogP contribution in [-0.2, 0) is 50.8 Å². The Morgan fingerprint density at radius 1 is 0.506 bits per heavy atom. The van der Waals surface area contributed by atoms with E-state index in [-0.39, 0.29) is 29.6 Å². The Kier molecular flexibility index (Phi) is 19.9. The van der Waals surface area contributed by atoms with Crippen molar-refractivity contribution in [3.63, 3.8) is 0 Å². The molecular weight excluding hydrogens is 953 g/mol. The molecule has 0 atom stereocenters. The molecule has 2 heterocycles. The quantitative estimate of drug-likeness (QED) is 0.0645. The molecule has 6 aromatic rings. The lowest BCUT2D eigenvalue weighted by Gasteiger charge is -2.35. The molecule has 77 heavy (non-hydrogen) atoms. The van der Waals surface area contributed by atoms with Crippen molar-refractivity contribution in [2.75, 3.05) is 7.11 Å². The van der Waals surface area contributed by atoms with Gasteiger partial charge in [0.25, 0.3) is 0 Å². The first-order valence-electron chi connectivity index (χ1n) is 29.0. The number of aliphatic carboxylic acids is 1. The van der Waals surface area contributed by atoms with Crippen molar-refractivity contribution in [1.29, 1.82) is 0 Å². The summed E-state index contributed by atoms with van der Waals surface area (Å²) < 4.78 is 4.83. The van der Waals surface area contributed by atoms with Crippen LogP contribution in [0.1, 0.15) is 197 Å². The van der Waals surface area contributed by atoms with Gasteiger partial charge in [-0.2, -0.15) is 0 Å². The van der Waals surface area contributed by atoms with Gasteiger partial charge in [0.05, 0.1) is 31.2 Å². The monoisotopic (exact) mass is 1040 g/mol. The van der Waals surface area contributed by atoms with Crippen LogP contribution in [-0.4, -0.2) is 55.5 Å². The number of carbonyl (C=O) groups excluding carboxylic acids is 1. The van der Waals surface area contributed by atoms with Crippen molar-refractivity contribution in [2.24, 2.45) is 0 Å². The Labute approximate surface area is 461 Å². The topological polar surface area (TPSA) is 130 Å². The summed E-state index contributed by atoms with van der Waals surface area (Å²) in [7, 11) is 1.41. The van der Waals surface area contributed by atoms with Crippen LogP contribution in [0.3, 0.4) is 0 Å². The Morgan fingerprint density at radius 3 is 1.21 bits per heavy atom. The van der Waals surface area contributed by atoms with Gasteiger partial charge >= 0.3 is 11.9 Å². The van der Waals surface area contributed by atoms with Crippen molar-refractivity contribution in [3.05, 3.63) is 176 Å². The molecule has 8 nitrogen and oxygen atoms in total. The first kappa shape index (κ1) is 58.7. The molecule has 0 aliphatic heterocycles. The number of esters is 1. The number of benzene rings is 4. The van der Waals surface area contributed by atoms with Crippen LogP contribution < -0.4 is 0 Å². The smallest absolute Gasteiger partial charge is 0.310 e. The molecule has 2 saturated carbocycles. The fourth-order valence-electron chi connectivity index (χ4n) is 13.1. The molecule has 8 rings (SSSR count). The Bertz CT molecular complexity index is 2950. The van der Waals surface area contributed by atoms with E-state index in [4.69, 9.17) is 4.74 Å². The molecule has 2 aromatic heterocycles. The van der Waals surface area contributed by atoms with Crippen LogP contribution in [0.15, 0.2) is 110 Å². The zero-order valence-corrected chi connectivity index (χ0v) is 48.0. The van der Waals surface area contributed by atoms with E-state index in [9.17, 15) is 24.9 Å². The van der Waals surface area contributed by atoms with Gasteiger partial charge < -0.3 is 20.1 Å². The van der Waals surface area contributed by atoms with E-state index in [1.165, 1.54) is 70.0 Å². The van der Waals surface area contributed by atoms with Gasteiger partial charge in [0, 0.05) is 46.7 Å². The van der Waals surface area contributed by atoms with Gasteiger partial charge in [-0.3, -0.25) is 19.6 Å². The van der Waals surface area contributed by atoms with Crippen molar-refractivity contribution >= 4 is 11.9 Å². The summed E-state index contributed by atoms with van der Waals surface area (Å²) in [5.74, 6) is -1.11. The minimum Gasteiger partial charge on any atom is -0.481 e. The fraction of sp³-hybridized carbons (Fsp3) is 0.478. The lowest BCUT2D eigenvalue weighted by atomic mass is 9.69. The van der Waals surface area contributed by atoms with Crippen molar-refractivity contribution in [2.45, 2.75) is 206 Å². The standard InChI is InChI=1S/C35H45NO3.C34H43NO3/c1-6-35(7-2,30-12-11-28(25(3)19-30)15-18-34(38)16-9-8-10-17-34)31-13-14-32(26(4)20-31)29-21-27(23-36-24-29)22-33(37)39-5;1-5-34(6-2,29-11-10-27(24(3)18-29)14-17-33(38)15-8-7-9-16-33)30-12-13-31(25(4)19-30)28-20-26(21-32(36)37)22-35-23-28/h11-14,19-21,23-24,38H,6-10,15-18,22H2,1-5H3;10-13,18-20,22-23,38H,5-9,14-17,21H2,1-4H3,(H,36,37). The van der Waals surface area contributed by atoms with E-state index in [0.29, 0.717) is 5.56 Å². The molecule has 3 N–H and O–H groups in total. The van der Waals surface area contributed by atoms with Gasteiger partial charge in [0.15, 0.2) is 0 Å². The van der Waals surface area contributed by atoms with Crippen LogP contribution >= 0.6 is 0 Å². The average Bonchev–Trinajstić information content (AvgIpc) is 3.42. The number of nitrogens with zero attached hydrogens (tertiary/aromatic N) is 2. The first-order valence-corrected chi connectivity index (χ1v) is 29.0. The third-order valence-corrected chi connectivity index (χ3v) is 18.2. The van der Waals surface area contributed by atoms with Crippen molar-refractivity contribution in [1.82, 2.24) is 9.97 Å². The molecule has 0 radical (unpaired) electrons. The van der Waals surface area contributed by atoms with Gasteiger partial charge in [0.1, 0.15) is 0 Å². The van der Waals surface area contributed by atoms with Crippen LogP contribution in [0.4, 0.5) is 0 Å². The Balaban J connectivity index is 0.000000224. The van der Waals surface area contributed by atoms with Crippen LogP contribution in [0.2, 0.25) is 0 Å². The lowest BCUT2D eigenvalue weighted by Crippen LogP contribution is -2.31. The second kappa shape index (κ2) is 26.1. The summed E-state index contributed by atoms with van der Waals surface area (Å²) in [6, 6.07) is 31.4. The van der Waals surface area contributed by atoms with E-state index >= 15 is 0 Å². The number of aromatic nitrogens is 2. The number of carboxylic acid groups (broad SMARTS) is 1. The molecular formula is C69H88N2O6. The van der Waals surface area contributed by atoms with Gasteiger partial charge in [-0.1, -0.05) is 139 Å². The maximum atomic E-state index is 11.8. The van der Waals surface area contributed by atoms with E-state index in [2.05, 4.69) is 138 Å². The molecule has 2 aliphatic carbocycles. The number of aryl methyl sites for hydroxylation is 6. The molecule has 4 aromatic carbocycles. The third-order valence-electron chi connectivity index (χ3n) is 18.2. The summed E-state index contributed by atoms with van der Waals surface area (Å²) in [4.78, 5) is 31.6. The SMILES string of the molecule is CCC(CC)(c1ccc(CCC2(O)CCCCC2)c(C)c1)c1ccc(-c2cncc(CC(=O)O)c2)c(C)c1.CCC(CC)(c1ccc(CCC2(O)CCCCC2)c(C)c1)c1ccc(-c2cncc(CC(=O)OC)c2)c(C)c1. The highest BCUT2D eigenvalue weighted by atomic mass is 16.5. The van der Waals surface area contributed by atoms with Crippen molar-refractivity contribution in [3.8, 4) is 22.3 Å². The number of carbonyl (C=O) groups is 2. The summed E-state index contributed by atoms with van der Waals surface area (Å²) in [5, 5.41) is 31.2. The summed E-state index contributed by atoms with van der Waals surface area (Å²) in [5.41, 5.74) is 17.6. The number of hydrogen-bond acceptors (Lipinski definition) is 7. The highest BCUT2D eigenvalue weighted by molar-refractivity contribution is 5.75. The fourth-order valence-corrected chi connectivity index (χ4v) is 13.1. The number of pyridine rings is 2. The minimum absolute atomic E-state index is 0.0264. The molecule has 0 spiro atoms. The normalized spacial score (nSPS) is 15.3. The van der Waals surface area contributed by atoms with E-state index in [1.807, 2.05) is 24.5 Å². The second-order valence-corrected chi connectivity index (χ2v) is 23.0. The van der Waals surface area contributed by atoms with Gasteiger partial charge in [0.2, 0.25) is 0 Å². The van der Waals surface area contributed by atoms with E-state index in [1.54, 1.807) is 12.4 Å². The summed E-state index contributed by atoms with van der Waals surface area (Å²) >= 11 is 0. The predicted octanol–water partition coefficient (Wildman–Crippen LogP) is 15.5. The van der Waals surface area contributed by atoms with Gasteiger partial charge in [-0.15, -0.1) is 0 Å². The highest BCUT2D eigenvalue weighted by Gasteiger charge is 2.35. The van der Waals surface area contributed by atoms with Crippen molar-refractivity contribution < 1.29 is 29.6 Å². The summed E-state index contributed by atoms with van der Waals surface area (Å²) in [6.07, 6.45) is 25.7. The number of hydrogen-bond donors (Lipinski definition) is 3. The largest absolute Gasteiger partial charge is 0.481 e. The first-order chi connectivity index (χ1) is 36.9. The van der Waals surface area contributed by atoms with Crippen LogP contribution in [0.5, 0.6) is 0 Å². The van der Waals surface area contributed by atoms with Gasteiger partial charge in [-0.05, 0) is 195 Å². The van der Waals surface area contributed by atoms with E-state index in [0.717, 1.165) is 136 Å². The molecule has 0 unspecified atom stereocenters. The Morgan fingerprint density at radius 2 is 0.870 bits per heavy atom. The number of rotatable bonds is 20. The van der Waals surface area contributed by atoms with E-state index < -0.39 is 17.2 Å². The third kappa shape index (κ3) is 14.0. The number of ether oxygens (including phenoxy) is 1. The molecule has 2 fully saturated rings. The molecule has 0 amide bonds. The molecule has 410 valence electrons. The minimum atomic E-state index is -0.849. The van der Waals surface area contributed by atoms with Gasteiger partial charge in [-0.25, -0.2) is 0 Å². The average molecular weight is 1040 g/mol. The maximum Gasteiger partial charge on any atom is 0.310 e. The molecule has 8 heteroatoms. The maximum absolute atomic E-state index is 11.8. The van der Waals surface area contributed by atoms with Crippen LogP contribution in [0, 0.1) is 27.7 Å². The highest BCUT2D eigenvalue weighted by Crippen LogP contribution is 2.44. The summed E-state index contributed by atoms with van der Waals surface area (Å²) in [6.45, 7) is 17.8. The zero-order chi connectivity index (χ0) is 55.4. The lowest BCUT2D eigenvalue weighted by molar-refractivity contribution is -0.140. The number of aliphatic hydroxyl groups is 2. The number of carboxylic acids is 1. The Hall–Kier alpha value is -5.96. The predicted molar refractivity (Wildman–Crippen MR) is 314 cm³/mol. The molecule has 2 aliphatic rings. The van der Waals surface area contributed by atoms with Crippen LogP contribution in [0.25, 0.3) is 22.3 Å². The second-order valence-electron chi connectivity index (χ2n) is 23.0. The number of methoxy groups -OCH3 is 1. The molecule has 0 bridgehead atoms. The molecule has 0 saturated heterocycles. The zero-order valence-electron chi connectivity index (χ0n) is 48.0.